The molecule has 10 heteroatoms. The van der Waals surface area contributed by atoms with Gasteiger partial charge in [0.05, 0.1) is 16.1 Å². The first-order chi connectivity index (χ1) is 16.0. The van der Waals surface area contributed by atoms with Crippen LogP contribution in [0.15, 0.2) is 47.4 Å². The van der Waals surface area contributed by atoms with Crippen LogP contribution < -0.4 is 10.2 Å². The monoisotopic (exact) mass is 487 g/mol. The lowest BCUT2D eigenvalue weighted by molar-refractivity contribution is -0.114. The van der Waals surface area contributed by atoms with Crippen molar-refractivity contribution in [1.82, 2.24) is 4.31 Å². The minimum absolute atomic E-state index is 0.0278. The molecular formula is C24H29N3O6S. The standard InChI is InChI=1S/C24H29N3O6S/c1-16(23(29)18-7-9-19(10-8-18)25-17(2)28)33-24(30)21-15-20(34(31,32)26(3)4)11-12-22(21)27-13-5-6-14-27/h7-12,15-16H,5-6,13-14H2,1-4H3,(H,25,28)/t16-/m0/s1. The van der Waals surface area contributed by atoms with E-state index < -0.39 is 27.9 Å². The number of benzene rings is 2. The zero-order valence-electron chi connectivity index (χ0n) is 19.7. The van der Waals surface area contributed by atoms with Crippen LogP contribution in [0.5, 0.6) is 0 Å². The summed E-state index contributed by atoms with van der Waals surface area (Å²) in [5.41, 5.74) is 1.55. The lowest BCUT2D eigenvalue weighted by Crippen LogP contribution is -2.27. The van der Waals surface area contributed by atoms with Crippen molar-refractivity contribution in [3.63, 3.8) is 0 Å². The summed E-state index contributed by atoms with van der Waals surface area (Å²) in [4.78, 5) is 39.1. The summed E-state index contributed by atoms with van der Waals surface area (Å²) in [6.07, 6.45) is 0.838. The molecular weight excluding hydrogens is 458 g/mol. The van der Waals surface area contributed by atoms with Gasteiger partial charge in [0, 0.05) is 45.4 Å². The summed E-state index contributed by atoms with van der Waals surface area (Å²) in [5.74, 6) is -1.41. The van der Waals surface area contributed by atoms with Gasteiger partial charge in [-0.2, -0.15) is 0 Å². The second-order valence-corrected chi connectivity index (χ2v) is 10.5. The Labute approximate surface area is 199 Å². The van der Waals surface area contributed by atoms with E-state index in [1.54, 1.807) is 18.2 Å². The summed E-state index contributed by atoms with van der Waals surface area (Å²) < 4.78 is 31.8. The molecule has 1 N–H and O–H groups in total. The molecule has 0 radical (unpaired) electrons. The molecule has 34 heavy (non-hydrogen) atoms. The lowest BCUT2D eigenvalue weighted by Gasteiger charge is -2.23. The van der Waals surface area contributed by atoms with E-state index in [1.807, 2.05) is 4.90 Å². The Hall–Kier alpha value is -3.24. The van der Waals surface area contributed by atoms with Crippen LogP contribution in [0, 0.1) is 0 Å². The number of hydrogen-bond acceptors (Lipinski definition) is 7. The van der Waals surface area contributed by atoms with Gasteiger partial charge in [-0.1, -0.05) is 0 Å². The van der Waals surface area contributed by atoms with Gasteiger partial charge in [-0.05, 0) is 62.2 Å². The van der Waals surface area contributed by atoms with Crippen molar-refractivity contribution in [1.29, 1.82) is 0 Å². The third kappa shape index (κ3) is 5.63. The van der Waals surface area contributed by atoms with E-state index >= 15 is 0 Å². The fraction of sp³-hybridized carbons (Fsp3) is 0.375. The fourth-order valence-corrected chi connectivity index (χ4v) is 4.65. The van der Waals surface area contributed by atoms with Gasteiger partial charge in [0.25, 0.3) is 0 Å². The van der Waals surface area contributed by atoms with E-state index in [4.69, 9.17) is 4.74 Å². The van der Waals surface area contributed by atoms with Crippen molar-refractivity contribution >= 4 is 39.1 Å². The van der Waals surface area contributed by atoms with Gasteiger partial charge in [-0.25, -0.2) is 17.5 Å². The Kier molecular flexibility index (Phi) is 7.73. The summed E-state index contributed by atoms with van der Waals surface area (Å²) >= 11 is 0. The van der Waals surface area contributed by atoms with Crippen molar-refractivity contribution in [2.24, 2.45) is 0 Å². The first kappa shape index (κ1) is 25.4. The van der Waals surface area contributed by atoms with Crippen LogP contribution >= 0.6 is 0 Å². The number of carbonyl (C=O) groups is 3. The van der Waals surface area contributed by atoms with Crippen molar-refractivity contribution in [3.8, 4) is 0 Å². The maximum atomic E-state index is 13.1. The molecule has 0 unspecified atom stereocenters. The Balaban J connectivity index is 1.85. The number of amides is 1. The number of nitrogens with zero attached hydrogens (tertiary/aromatic N) is 2. The van der Waals surface area contributed by atoms with E-state index in [0.717, 1.165) is 30.2 Å². The average molecular weight is 488 g/mol. The second kappa shape index (κ2) is 10.4. The smallest absolute Gasteiger partial charge is 0.341 e. The van der Waals surface area contributed by atoms with E-state index in [9.17, 15) is 22.8 Å². The molecule has 9 nitrogen and oxygen atoms in total. The first-order valence-electron chi connectivity index (χ1n) is 10.9. The van der Waals surface area contributed by atoms with Crippen LogP contribution in [0.25, 0.3) is 0 Å². The van der Waals surface area contributed by atoms with Gasteiger partial charge >= 0.3 is 5.97 Å². The van der Waals surface area contributed by atoms with Crippen LogP contribution in [-0.2, 0) is 19.6 Å². The quantitative estimate of drug-likeness (QED) is 0.450. The number of Topliss-reactive ketones (excluding diaryl/α,β-unsaturated/α-hetero) is 1. The van der Waals surface area contributed by atoms with Crippen LogP contribution in [0.4, 0.5) is 11.4 Å². The highest BCUT2D eigenvalue weighted by Gasteiger charge is 2.27. The number of hydrogen-bond donors (Lipinski definition) is 1. The number of esters is 1. The SMILES string of the molecule is CC(=O)Nc1ccc(C(=O)[C@H](C)OC(=O)c2cc(S(=O)(=O)N(C)C)ccc2N2CCCC2)cc1. The topological polar surface area (TPSA) is 113 Å². The highest BCUT2D eigenvalue weighted by Crippen LogP contribution is 2.29. The molecule has 0 aromatic heterocycles. The summed E-state index contributed by atoms with van der Waals surface area (Å²) in [6, 6.07) is 10.7. The van der Waals surface area contributed by atoms with Gasteiger partial charge < -0.3 is 15.0 Å². The lowest BCUT2D eigenvalue weighted by atomic mass is 10.1. The number of carbonyl (C=O) groups excluding carboxylic acids is 3. The molecule has 2 aromatic rings. The summed E-state index contributed by atoms with van der Waals surface area (Å²) in [7, 11) is -0.931. The van der Waals surface area contributed by atoms with Gasteiger partial charge in [0.1, 0.15) is 0 Å². The molecule has 0 spiro atoms. The maximum Gasteiger partial charge on any atom is 0.341 e. The van der Waals surface area contributed by atoms with Crippen molar-refractivity contribution in [2.45, 2.75) is 37.7 Å². The van der Waals surface area contributed by atoms with Crippen molar-refractivity contribution in [3.05, 3.63) is 53.6 Å². The molecule has 1 fully saturated rings. The molecule has 2 aromatic carbocycles. The van der Waals surface area contributed by atoms with E-state index in [1.165, 1.54) is 52.2 Å². The Morgan fingerprint density at radius 2 is 1.65 bits per heavy atom. The van der Waals surface area contributed by atoms with Gasteiger partial charge in [0.2, 0.25) is 21.7 Å². The minimum Gasteiger partial charge on any atom is -0.451 e. The van der Waals surface area contributed by atoms with E-state index in [0.29, 0.717) is 16.9 Å². The first-order valence-corrected chi connectivity index (χ1v) is 12.4. The molecule has 1 aliphatic heterocycles. The molecule has 3 rings (SSSR count). The molecule has 1 saturated heterocycles. The zero-order valence-corrected chi connectivity index (χ0v) is 20.5. The number of rotatable bonds is 8. The molecule has 0 saturated carbocycles. The van der Waals surface area contributed by atoms with Crippen LogP contribution in [0.2, 0.25) is 0 Å². The average Bonchev–Trinajstić information content (AvgIpc) is 3.33. The third-order valence-corrected chi connectivity index (χ3v) is 7.37. The second-order valence-electron chi connectivity index (χ2n) is 8.33. The van der Waals surface area contributed by atoms with E-state index in [-0.39, 0.29) is 16.4 Å². The van der Waals surface area contributed by atoms with E-state index in [2.05, 4.69) is 5.32 Å². The van der Waals surface area contributed by atoms with Crippen LogP contribution in [-0.4, -0.2) is 63.7 Å². The minimum atomic E-state index is -3.76. The largest absolute Gasteiger partial charge is 0.451 e. The van der Waals surface area contributed by atoms with Crippen LogP contribution in [0.3, 0.4) is 0 Å². The normalized spacial score (nSPS) is 14.7. The zero-order chi connectivity index (χ0) is 25.0. The number of sulfonamides is 1. The van der Waals surface area contributed by atoms with Gasteiger partial charge in [-0.3, -0.25) is 9.59 Å². The molecule has 1 atom stereocenters. The fourth-order valence-electron chi connectivity index (χ4n) is 3.72. The molecule has 1 heterocycles. The van der Waals surface area contributed by atoms with Gasteiger partial charge in [0.15, 0.2) is 6.10 Å². The molecule has 1 aliphatic rings. The molecule has 1 amide bonds. The number of nitrogens with one attached hydrogen (secondary N) is 1. The van der Waals surface area contributed by atoms with Crippen LogP contribution in [0.1, 0.15) is 47.4 Å². The Morgan fingerprint density at radius 1 is 1.03 bits per heavy atom. The number of ether oxygens (including phenoxy) is 1. The third-order valence-electron chi connectivity index (χ3n) is 5.56. The number of anilines is 2. The predicted molar refractivity (Wildman–Crippen MR) is 129 cm³/mol. The summed E-state index contributed by atoms with van der Waals surface area (Å²) in [6.45, 7) is 4.35. The predicted octanol–water partition coefficient (Wildman–Crippen LogP) is 2.92. The highest BCUT2D eigenvalue weighted by atomic mass is 32.2. The Morgan fingerprint density at radius 3 is 2.21 bits per heavy atom. The maximum absolute atomic E-state index is 13.1. The molecule has 0 bridgehead atoms. The van der Waals surface area contributed by atoms with Crippen molar-refractivity contribution < 1.29 is 27.5 Å². The summed E-state index contributed by atoms with van der Waals surface area (Å²) in [5, 5.41) is 2.62. The van der Waals surface area contributed by atoms with Crippen molar-refractivity contribution in [2.75, 3.05) is 37.4 Å². The number of ketones is 1. The Bertz CT molecular complexity index is 1190. The van der Waals surface area contributed by atoms with Gasteiger partial charge in [-0.15, -0.1) is 0 Å². The highest BCUT2D eigenvalue weighted by molar-refractivity contribution is 7.89. The molecule has 0 aliphatic carbocycles. The molecule has 182 valence electrons.